The topological polar surface area (TPSA) is 63.4 Å². The van der Waals surface area contributed by atoms with Crippen molar-refractivity contribution in [3.05, 3.63) is 12.1 Å². The van der Waals surface area contributed by atoms with Crippen LogP contribution >= 0.6 is 0 Å². The number of ether oxygens (including phenoxy) is 1. The minimum atomic E-state index is 0.540. The number of aromatic nitrogens is 1. The van der Waals surface area contributed by atoms with E-state index in [1.165, 1.54) is 19.5 Å². The summed E-state index contributed by atoms with van der Waals surface area (Å²) in [7, 11) is 0. The second-order valence-electron chi connectivity index (χ2n) is 5.37. The van der Waals surface area contributed by atoms with E-state index in [4.69, 9.17) is 10.5 Å². The third-order valence-corrected chi connectivity index (χ3v) is 3.72. The number of likely N-dealkylation sites (tertiary alicyclic amines) is 1. The lowest BCUT2D eigenvalue weighted by atomic mass is 10.1. The average molecular weight is 278 g/mol. The van der Waals surface area contributed by atoms with Gasteiger partial charge in [0.25, 0.3) is 0 Å². The molecule has 0 saturated carbocycles. The maximum atomic E-state index is 5.86. The molecule has 1 saturated heterocycles. The summed E-state index contributed by atoms with van der Waals surface area (Å²) in [6, 6.07) is 3.77. The lowest BCUT2D eigenvalue weighted by Crippen LogP contribution is -2.22. The van der Waals surface area contributed by atoms with Crippen LogP contribution in [0.25, 0.3) is 0 Å². The monoisotopic (exact) mass is 278 g/mol. The second-order valence-corrected chi connectivity index (χ2v) is 5.37. The Labute approximate surface area is 121 Å². The van der Waals surface area contributed by atoms with Crippen molar-refractivity contribution in [1.82, 2.24) is 9.88 Å². The Kier molecular flexibility index (Phi) is 5.47. The van der Waals surface area contributed by atoms with Gasteiger partial charge in [0, 0.05) is 13.1 Å². The lowest BCUT2D eigenvalue weighted by molar-refractivity contribution is 0.307. The van der Waals surface area contributed by atoms with Crippen molar-refractivity contribution in [3.63, 3.8) is 0 Å². The number of nitrogens with two attached hydrogens (primary N) is 1. The highest BCUT2D eigenvalue weighted by Crippen LogP contribution is 2.22. The average Bonchev–Trinajstić information content (AvgIpc) is 2.93. The molecule has 1 fully saturated rings. The first-order valence-electron chi connectivity index (χ1n) is 7.58. The molecule has 1 aromatic rings. The van der Waals surface area contributed by atoms with Gasteiger partial charge in [0.05, 0.1) is 12.3 Å². The Balaban J connectivity index is 1.86. The first kappa shape index (κ1) is 14.9. The highest BCUT2D eigenvalue weighted by molar-refractivity contribution is 5.53. The van der Waals surface area contributed by atoms with Crippen LogP contribution in [0.4, 0.5) is 11.5 Å². The third kappa shape index (κ3) is 4.00. The molecule has 0 aromatic carbocycles. The Morgan fingerprint density at radius 1 is 1.45 bits per heavy atom. The molecule has 1 aliphatic rings. The number of nitrogens with one attached hydrogen (secondary N) is 1. The Morgan fingerprint density at radius 3 is 3.00 bits per heavy atom. The smallest absolute Gasteiger partial charge is 0.239 e. The van der Waals surface area contributed by atoms with Gasteiger partial charge in [-0.2, -0.15) is 4.98 Å². The molecule has 5 heteroatoms. The zero-order valence-electron chi connectivity index (χ0n) is 12.6. The molecule has 1 unspecified atom stereocenters. The molecule has 2 heterocycles. The van der Waals surface area contributed by atoms with Crippen molar-refractivity contribution in [3.8, 4) is 5.88 Å². The number of hydrogen-bond acceptors (Lipinski definition) is 5. The Bertz CT molecular complexity index is 424. The molecule has 3 N–H and O–H groups in total. The van der Waals surface area contributed by atoms with E-state index in [1.54, 1.807) is 0 Å². The van der Waals surface area contributed by atoms with Crippen LogP contribution in [-0.4, -0.2) is 42.7 Å². The van der Waals surface area contributed by atoms with E-state index in [2.05, 4.69) is 29.0 Å². The Morgan fingerprint density at radius 2 is 2.30 bits per heavy atom. The normalized spacial score (nSPS) is 19.2. The number of nitrogen functional groups attached to an aromatic ring is 1. The van der Waals surface area contributed by atoms with Crippen molar-refractivity contribution in [2.75, 3.05) is 43.8 Å². The molecule has 1 aliphatic heterocycles. The van der Waals surface area contributed by atoms with E-state index >= 15 is 0 Å². The highest BCUT2D eigenvalue weighted by atomic mass is 16.5. The molecule has 0 radical (unpaired) electrons. The fraction of sp³-hybridized carbons (Fsp3) is 0.667. The first-order chi connectivity index (χ1) is 9.72. The van der Waals surface area contributed by atoms with E-state index in [1.807, 2.05) is 12.1 Å². The summed E-state index contributed by atoms with van der Waals surface area (Å²) in [6.45, 7) is 9.42. The van der Waals surface area contributed by atoms with Crippen LogP contribution in [0.3, 0.4) is 0 Å². The number of hydrogen-bond donors (Lipinski definition) is 2. The van der Waals surface area contributed by atoms with Gasteiger partial charge in [0.15, 0.2) is 0 Å². The molecular weight excluding hydrogens is 252 g/mol. The summed E-state index contributed by atoms with van der Waals surface area (Å²) in [5.74, 6) is 2.09. The maximum absolute atomic E-state index is 5.86. The van der Waals surface area contributed by atoms with Crippen LogP contribution in [0.15, 0.2) is 12.1 Å². The summed E-state index contributed by atoms with van der Waals surface area (Å²) in [5.41, 5.74) is 6.46. The zero-order chi connectivity index (χ0) is 14.4. The standard InChI is InChI=1S/C15H26N4O/c1-3-9-20-15-13(16)5-6-14(18-15)17-10-12-7-8-19(4-2)11-12/h5-6,12H,3-4,7-11,16H2,1-2H3,(H,17,18). The SMILES string of the molecule is CCCOc1nc(NCC2CCN(CC)C2)ccc1N. The van der Waals surface area contributed by atoms with Crippen molar-refractivity contribution >= 4 is 11.5 Å². The second kappa shape index (κ2) is 7.33. The predicted octanol–water partition coefficient (Wildman–Crippen LogP) is 2.21. The molecule has 1 atom stereocenters. The molecule has 20 heavy (non-hydrogen) atoms. The van der Waals surface area contributed by atoms with E-state index in [0.717, 1.165) is 25.3 Å². The largest absolute Gasteiger partial charge is 0.476 e. The van der Waals surface area contributed by atoms with Crippen molar-refractivity contribution < 1.29 is 4.74 Å². The van der Waals surface area contributed by atoms with Gasteiger partial charge < -0.3 is 20.7 Å². The van der Waals surface area contributed by atoms with Gasteiger partial charge in [0.1, 0.15) is 5.82 Å². The summed E-state index contributed by atoms with van der Waals surface area (Å²) < 4.78 is 5.55. The van der Waals surface area contributed by atoms with Crippen molar-refractivity contribution in [1.29, 1.82) is 0 Å². The van der Waals surface area contributed by atoms with Crippen LogP contribution < -0.4 is 15.8 Å². The van der Waals surface area contributed by atoms with Gasteiger partial charge in [0.2, 0.25) is 5.88 Å². The predicted molar refractivity (Wildman–Crippen MR) is 83.1 cm³/mol. The molecule has 2 rings (SSSR count). The summed E-state index contributed by atoms with van der Waals surface area (Å²) in [4.78, 5) is 6.92. The molecule has 5 nitrogen and oxygen atoms in total. The van der Waals surface area contributed by atoms with E-state index < -0.39 is 0 Å². The Hall–Kier alpha value is -1.49. The molecule has 1 aromatic heterocycles. The molecule has 112 valence electrons. The quantitative estimate of drug-likeness (QED) is 0.800. The molecular formula is C15H26N4O. The van der Waals surface area contributed by atoms with E-state index in [9.17, 15) is 0 Å². The summed E-state index contributed by atoms with van der Waals surface area (Å²) in [5, 5.41) is 3.40. The third-order valence-electron chi connectivity index (χ3n) is 3.72. The minimum Gasteiger partial charge on any atom is -0.476 e. The number of pyridine rings is 1. The summed E-state index contributed by atoms with van der Waals surface area (Å²) in [6.07, 6.45) is 2.21. The van der Waals surface area contributed by atoms with Crippen molar-refractivity contribution in [2.45, 2.75) is 26.7 Å². The van der Waals surface area contributed by atoms with Gasteiger partial charge in [-0.1, -0.05) is 13.8 Å². The van der Waals surface area contributed by atoms with Crippen LogP contribution in [-0.2, 0) is 0 Å². The molecule has 0 bridgehead atoms. The van der Waals surface area contributed by atoms with E-state index in [-0.39, 0.29) is 0 Å². The summed E-state index contributed by atoms with van der Waals surface area (Å²) >= 11 is 0. The lowest BCUT2D eigenvalue weighted by Gasteiger charge is -2.15. The van der Waals surface area contributed by atoms with Gasteiger partial charge in [-0.05, 0) is 44.0 Å². The van der Waals surface area contributed by atoms with Crippen LogP contribution in [0.5, 0.6) is 5.88 Å². The highest BCUT2D eigenvalue weighted by Gasteiger charge is 2.20. The van der Waals surface area contributed by atoms with Crippen LogP contribution in [0, 0.1) is 5.92 Å². The van der Waals surface area contributed by atoms with Crippen LogP contribution in [0.1, 0.15) is 26.7 Å². The van der Waals surface area contributed by atoms with E-state index in [0.29, 0.717) is 24.1 Å². The number of anilines is 2. The van der Waals surface area contributed by atoms with Crippen LogP contribution in [0.2, 0.25) is 0 Å². The zero-order valence-corrected chi connectivity index (χ0v) is 12.6. The van der Waals surface area contributed by atoms with Gasteiger partial charge in [-0.15, -0.1) is 0 Å². The fourth-order valence-corrected chi connectivity index (χ4v) is 2.48. The minimum absolute atomic E-state index is 0.540. The van der Waals surface area contributed by atoms with Crippen molar-refractivity contribution in [2.24, 2.45) is 5.92 Å². The number of nitrogens with zero attached hydrogens (tertiary/aromatic N) is 2. The number of rotatable bonds is 7. The molecule has 0 spiro atoms. The van der Waals surface area contributed by atoms with Gasteiger partial charge in [-0.3, -0.25) is 0 Å². The molecule has 0 aliphatic carbocycles. The maximum Gasteiger partial charge on any atom is 0.239 e. The first-order valence-corrected chi connectivity index (χ1v) is 7.58. The van der Waals surface area contributed by atoms with Gasteiger partial charge in [-0.25, -0.2) is 0 Å². The molecule has 0 amide bonds. The van der Waals surface area contributed by atoms with Gasteiger partial charge >= 0.3 is 0 Å². The fourth-order valence-electron chi connectivity index (χ4n) is 2.48.